The number of halogens is 1. The van der Waals surface area contributed by atoms with E-state index >= 15 is 0 Å². The molecule has 0 amide bonds. The molecule has 1 heterocycles. The van der Waals surface area contributed by atoms with Gasteiger partial charge in [-0.2, -0.15) is 0 Å². The molecule has 0 aliphatic rings. The minimum absolute atomic E-state index is 0.102. The number of aliphatic hydroxyl groups is 1. The fourth-order valence-electron chi connectivity index (χ4n) is 0.957. The largest absolute Gasteiger partial charge is 0.495 e. The summed E-state index contributed by atoms with van der Waals surface area (Å²) in [5, 5.41) is 9.88. The molecule has 4 nitrogen and oxygen atoms in total. The van der Waals surface area contributed by atoms with Crippen LogP contribution < -0.4 is 10.5 Å². The first-order valence-corrected chi connectivity index (χ1v) is 4.14. The van der Waals surface area contributed by atoms with Crippen molar-refractivity contribution >= 4 is 11.6 Å². The monoisotopic (exact) mass is 202 g/mol. The third-order valence-corrected chi connectivity index (χ3v) is 1.81. The first-order chi connectivity index (χ1) is 6.19. The lowest BCUT2D eigenvalue weighted by Crippen LogP contribution is -2.13. The maximum atomic E-state index is 9.42. The summed E-state index contributed by atoms with van der Waals surface area (Å²) in [6.45, 7) is 0.102. The van der Waals surface area contributed by atoms with Crippen LogP contribution in [-0.2, 0) is 0 Å². The maximum Gasteiger partial charge on any atom is 0.144 e. The zero-order valence-electron chi connectivity index (χ0n) is 7.20. The Hall–Kier alpha value is -0.840. The van der Waals surface area contributed by atoms with Gasteiger partial charge in [0, 0.05) is 18.8 Å². The van der Waals surface area contributed by atoms with Crippen molar-refractivity contribution < 1.29 is 9.84 Å². The van der Waals surface area contributed by atoms with E-state index < -0.39 is 6.10 Å². The smallest absolute Gasteiger partial charge is 0.144 e. The Kier molecular flexibility index (Phi) is 3.48. The van der Waals surface area contributed by atoms with Crippen molar-refractivity contribution in [1.82, 2.24) is 4.98 Å². The zero-order chi connectivity index (χ0) is 9.84. The molecule has 0 aliphatic carbocycles. The molecular formula is C8H11ClN2O2. The van der Waals surface area contributed by atoms with Crippen LogP contribution in [0.5, 0.6) is 5.75 Å². The molecule has 0 fully saturated rings. The van der Waals surface area contributed by atoms with Crippen molar-refractivity contribution in [3.63, 3.8) is 0 Å². The second-order valence-electron chi connectivity index (χ2n) is 2.49. The van der Waals surface area contributed by atoms with E-state index in [0.29, 0.717) is 16.5 Å². The van der Waals surface area contributed by atoms with Crippen molar-refractivity contribution in [2.24, 2.45) is 5.73 Å². The number of aromatic nitrogens is 1. The number of ether oxygens (including phenoxy) is 1. The van der Waals surface area contributed by atoms with E-state index in [2.05, 4.69) is 4.98 Å². The van der Waals surface area contributed by atoms with Gasteiger partial charge in [0.05, 0.1) is 12.1 Å². The number of nitrogens with zero attached hydrogens (tertiary/aromatic N) is 1. The van der Waals surface area contributed by atoms with Gasteiger partial charge < -0.3 is 15.6 Å². The molecule has 1 aromatic rings. The van der Waals surface area contributed by atoms with E-state index in [1.165, 1.54) is 13.3 Å². The summed E-state index contributed by atoms with van der Waals surface area (Å²) < 4.78 is 4.99. The van der Waals surface area contributed by atoms with Gasteiger partial charge in [0.25, 0.3) is 0 Å². The number of hydrogen-bond acceptors (Lipinski definition) is 4. The molecule has 3 N–H and O–H groups in total. The SMILES string of the molecule is COc1cc(Cl)cnc1C(O)CN. The van der Waals surface area contributed by atoms with Crippen LogP contribution in [0.2, 0.25) is 5.02 Å². The summed E-state index contributed by atoms with van der Waals surface area (Å²) in [4.78, 5) is 3.93. The number of methoxy groups -OCH3 is 1. The van der Waals surface area contributed by atoms with Gasteiger partial charge in [-0.15, -0.1) is 0 Å². The Morgan fingerprint density at radius 1 is 1.77 bits per heavy atom. The van der Waals surface area contributed by atoms with Crippen LogP contribution in [0.25, 0.3) is 0 Å². The highest BCUT2D eigenvalue weighted by Gasteiger charge is 2.13. The van der Waals surface area contributed by atoms with E-state index in [0.717, 1.165) is 0 Å². The minimum atomic E-state index is -0.813. The van der Waals surface area contributed by atoms with E-state index in [-0.39, 0.29) is 6.54 Å². The van der Waals surface area contributed by atoms with Gasteiger partial charge in [0.1, 0.15) is 17.5 Å². The molecular weight excluding hydrogens is 192 g/mol. The maximum absolute atomic E-state index is 9.42. The fraction of sp³-hybridized carbons (Fsp3) is 0.375. The highest BCUT2D eigenvalue weighted by molar-refractivity contribution is 6.30. The van der Waals surface area contributed by atoms with Crippen LogP contribution in [0.3, 0.4) is 0 Å². The van der Waals surface area contributed by atoms with Crippen LogP contribution >= 0.6 is 11.6 Å². The topological polar surface area (TPSA) is 68.4 Å². The fourth-order valence-corrected chi connectivity index (χ4v) is 1.10. The van der Waals surface area contributed by atoms with E-state index in [1.54, 1.807) is 6.07 Å². The summed E-state index contributed by atoms with van der Waals surface area (Å²) in [5.41, 5.74) is 5.70. The molecule has 0 spiro atoms. The average molecular weight is 203 g/mol. The Bertz CT molecular complexity index is 293. The van der Waals surface area contributed by atoms with Gasteiger partial charge in [-0.05, 0) is 0 Å². The molecule has 0 saturated heterocycles. The molecule has 72 valence electrons. The minimum Gasteiger partial charge on any atom is -0.495 e. The molecule has 0 radical (unpaired) electrons. The quantitative estimate of drug-likeness (QED) is 0.759. The number of rotatable bonds is 3. The summed E-state index contributed by atoms with van der Waals surface area (Å²) in [7, 11) is 1.49. The Balaban J connectivity index is 3.05. The van der Waals surface area contributed by atoms with Crippen molar-refractivity contribution in [3.05, 3.63) is 23.0 Å². The molecule has 0 aliphatic heterocycles. The van der Waals surface area contributed by atoms with Gasteiger partial charge in [-0.1, -0.05) is 11.6 Å². The molecule has 0 saturated carbocycles. The van der Waals surface area contributed by atoms with Gasteiger partial charge in [-0.3, -0.25) is 4.98 Å². The molecule has 1 unspecified atom stereocenters. The molecule has 13 heavy (non-hydrogen) atoms. The highest BCUT2D eigenvalue weighted by atomic mass is 35.5. The number of aliphatic hydroxyl groups excluding tert-OH is 1. The summed E-state index contributed by atoms with van der Waals surface area (Å²) in [5.74, 6) is 0.449. The number of pyridine rings is 1. The summed E-state index contributed by atoms with van der Waals surface area (Å²) in [6.07, 6.45) is 0.630. The third-order valence-electron chi connectivity index (χ3n) is 1.61. The lowest BCUT2D eigenvalue weighted by molar-refractivity contribution is 0.177. The summed E-state index contributed by atoms with van der Waals surface area (Å²) in [6, 6.07) is 1.59. The van der Waals surface area contributed by atoms with Crippen LogP contribution in [0.1, 0.15) is 11.8 Å². The van der Waals surface area contributed by atoms with Gasteiger partial charge in [0.2, 0.25) is 0 Å². The van der Waals surface area contributed by atoms with Crippen LogP contribution in [-0.4, -0.2) is 23.7 Å². The molecule has 1 rings (SSSR count). The number of hydrogen-bond donors (Lipinski definition) is 2. The van der Waals surface area contributed by atoms with E-state index in [9.17, 15) is 5.11 Å². The third kappa shape index (κ3) is 2.30. The molecule has 1 aromatic heterocycles. The molecule has 0 aromatic carbocycles. The predicted octanol–water partition coefficient (Wildman–Crippen LogP) is 0.736. The van der Waals surface area contributed by atoms with E-state index in [1.807, 2.05) is 0 Å². The van der Waals surface area contributed by atoms with Crippen molar-refractivity contribution in [3.8, 4) is 5.75 Å². The second-order valence-corrected chi connectivity index (χ2v) is 2.93. The number of nitrogens with two attached hydrogens (primary N) is 1. The van der Waals surface area contributed by atoms with Gasteiger partial charge in [-0.25, -0.2) is 0 Å². The van der Waals surface area contributed by atoms with Crippen molar-refractivity contribution in [1.29, 1.82) is 0 Å². The normalized spacial score (nSPS) is 12.6. The van der Waals surface area contributed by atoms with Crippen molar-refractivity contribution in [2.75, 3.05) is 13.7 Å². The van der Waals surface area contributed by atoms with Gasteiger partial charge in [0.15, 0.2) is 0 Å². The Morgan fingerprint density at radius 3 is 3.00 bits per heavy atom. The molecule has 0 bridgehead atoms. The molecule has 1 atom stereocenters. The van der Waals surface area contributed by atoms with Crippen LogP contribution in [0, 0.1) is 0 Å². The Morgan fingerprint density at radius 2 is 2.46 bits per heavy atom. The van der Waals surface area contributed by atoms with Crippen molar-refractivity contribution in [2.45, 2.75) is 6.10 Å². The zero-order valence-corrected chi connectivity index (χ0v) is 7.95. The van der Waals surface area contributed by atoms with Gasteiger partial charge >= 0.3 is 0 Å². The highest BCUT2D eigenvalue weighted by Crippen LogP contribution is 2.24. The Labute approximate surface area is 81.3 Å². The van der Waals surface area contributed by atoms with Crippen LogP contribution in [0.15, 0.2) is 12.3 Å². The average Bonchev–Trinajstić information content (AvgIpc) is 2.16. The van der Waals surface area contributed by atoms with E-state index in [4.69, 9.17) is 22.1 Å². The predicted molar refractivity (Wildman–Crippen MR) is 49.8 cm³/mol. The summed E-state index contributed by atoms with van der Waals surface area (Å²) >= 11 is 5.69. The molecule has 5 heteroatoms. The van der Waals surface area contributed by atoms with Crippen LogP contribution in [0.4, 0.5) is 0 Å². The lowest BCUT2D eigenvalue weighted by atomic mass is 10.2. The second kappa shape index (κ2) is 4.41. The first-order valence-electron chi connectivity index (χ1n) is 3.76. The first kappa shape index (κ1) is 10.2. The standard InChI is InChI=1S/C8H11ClN2O2/c1-13-7-2-5(9)4-11-8(7)6(12)3-10/h2,4,6,12H,3,10H2,1H3. The lowest BCUT2D eigenvalue weighted by Gasteiger charge is -2.11.